The number of carbonyl (C=O) groups is 1. The summed E-state index contributed by atoms with van der Waals surface area (Å²) in [7, 11) is -0.645. The number of nitrogens with zero attached hydrogens (tertiary/aromatic N) is 5. The van der Waals surface area contributed by atoms with Crippen molar-refractivity contribution in [2.75, 3.05) is 14.1 Å². The number of pyridine rings is 1. The van der Waals surface area contributed by atoms with Gasteiger partial charge in [-0.15, -0.1) is 0 Å². The van der Waals surface area contributed by atoms with E-state index in [9.17, 15) is 13.2 Å². The van der Waals surface area contributed by atoms with E-state index in [4.69, 9.17) is 0 Å². The molecule has 3 heterocycles. The Kier molecular flexibility index (Phi) is 5.44. The van der Waals surface area contributed by atoms with Crippen LogP contribution < -0.4 is 10.0 Å². The first-order valence-electron chi connectivity index (χ1n) is 8.04. The van der Waals surface area contributed by atoms with E-state index in [-0.39, 0.29) is 24.7 Å². The molecule has 0 radical (unpaired) electrons. The molecule has 0 bridgehead atoms. The van der Waals surface area contributed by atoms with E-state index in [1.165, 1.54) is 14.1 Å². The van der Waals surface area contributed by atoms with Crippen LogP contribution in [0.25, 0.3) is 5.78 Å². The van der Waals surface area contributed by atoms with Crippen molar-refractivity contribution in [1.29, 1.82) is 0 Å². The van der Waals surface area contributed by atoms with Crippen molar-refractivity contribution in [3.8, 4) is 0 Å². The fourth-order valence-corrected chi connectivity index (χ4v) is 2.83. The molecule has 27 heavy (non-hydrogen) atoms. The number of fused-ring (bicyclic) bond motifs is 1. The van der Waals surface area contributed by atoms with Crippen LogP contribution in [0.1, 0.15) is 21.7 Å². The highest BCUT2D eigenvalue weighted by Gasteiger charge is 2.13. The van der Waals surface area contributed by atoms with E-state index in [0.717, 1.165) is 9.87 Å². The minimum absolute atomic E-state index is 0.0560. The third-order valence-electron chi connectivity index (χ3n) is 3.72. The Hall–Kier alpha value is -2.89. The van der Waals surface area contributed by atoms with E-state index in [2.05, 4.69) is 25.0 Å². The standard InChI is InChI=1S/C16H19N7O3S/c1-22(2)27(25,26)20-10-13-8-12(4-6-17-13)9-19-15(24)14-11-23-7-3-5-18-16(23)21-14/h3-8,11,20H,9-10H2,1-2H3,(H,19,24). The molecule has 2 N–H and O–H groups in total. The Morgan fingerprint density at radius 1 is 1.22 bits per heavy atom. The molecule has 142 valence electrons. The van der Waals surface area contributed by atoms with Crippen molar-refractivity contribution in [1.82, 2.24) is 33.7 Å². The second-order valence-corrected chi connectivity index (χ2v) is 7.87. The Labute approximate surface area is 156 Å². The molecule has 10 nitrogen and oxygen atoms in total. The maximum atomic E-state index is 12.3. The van der Waals surface area contributed by atoms with Gasteiger partial charge in [0.05, 0.1) is 12.2 Å². The van der Waals surface area contributed by atoms with E-state index < -0.39 is 10.2 Å². The van der Waals surface area contributed by atoms with Crippen molar-refractivity contribution in [3.05, 3.63) is 59.9 Å². The predicted octanol–water partition coefficient (Wildman–Crippen LogP) is -0.0497. The lowest BCUT2D eigenvalue weighted by molar-refractivity contribution is 0.0946. The van der Waals surface area contributed by atoms with Gasteiger partial charge in [0, 0.05) is 45.4 Å². The Balaban J connectivity index is 1.61. The fourth-order valence-electron chi connectivity index (χ4n) is 2.24. The summed E-state index contributed by atoms with van der Waals surface area (Å²) in [6.07, 6.45) is 6.53. The van der Waals surface area contributed by atoms with Crippen LogP contribution >= 0.6 is 0 Å². The second kappa shape index (κ2) is 7.78. The predicted molar refractivity (Wildman–Crippen MR) is 97.8 cm³/mol. The minimum Gasteiger partial charge on any atom is -0.347 e. The van der Waals surface area contributed by atoms with Gasteiger partial charge in [-0.25, -0.2) is 9.97 Å². The van der Waals surface area contributed by atoms with Gasteiger partial charge < -0.3 is 5.32 Å². The van der Waals surface area contributed by atoms with Crippen LogP contribution in [0.15, 0.2) is 43.0 Å². The minimum atomic E-state index is -3.53. The van der Waals surface area contributed by atoms with Crippen molar-refractivity contribution in [3.63, 3.8) is 0 Å². The van der Waals surface area contributed by atoms with Crippen LogP contribution in [-0.4, -0.2) is 52.1 Å². The van der Waals surface area contributed by atoms with Gasteiger partial charge in [0.2, 0.25) is 5.78 Å². The van der Waals surface area contributed by atoms with Crippen LogP contribution in [0.4, 0.5) is 0 Å². The maximum absolute atomic E-state index is 12.3. The molecule has 0 saturated heterocycles. The summed E-state index contributed by atoms with van der Waals surface area (Å²) in [6.45, 7) is 0.316. The van der Waals surface area contributed by atoms with E-state index in [1.807, 2.05) is 0 Å². The summed E-state index contributed by atoms with van der Waals surface area (Å²) < 4.78 is 28.7. The molecule has 0 aromatic carbocycles. The summed E-state index contributed by atoms with van der Waals surface area (Å²) in [5.41, 5.74) is 1.60. The molecular formula is C16H19N7O3S. The highest BCUT2D eigenvalue weighted by atomic mass is 32.2. The summed E-state index contributed by atoms with van der Waals surface area (Å²) in [5, 5.41) is 2.78. The van der Waals surface area contributed by atoms with Gasteiger partial charge in [-0.3, -0.25) is 14.2 Å². The molecule has 3 aromatic heterocycles. The molecule has 0 atom stereocenters. The first-order valence-corrected chi connectivity index (χ1v) is 9.48. The van der Waals surface area contributed by atoms with Crippen LogP contribution in [0.3, 0.4) is 0 Å². The van der Waals surface area contributed by atoms with Gasteiger partial charge >= 0.3 is 0 Å². The topological polar surface area (TPSA) is 122 Å². The molecule has 3 aromatic rings. The van der Waals surface area contributed by atoms with Crippen molar-refractivity contribution >= 4 is 21.9 Å². The van der Waals surface area contributed by atoms with E-state index in [1.54, 1.807) is 47.4 Å². The molecule has 1 amide bonds. The smallest absolute Gasteiger partial charge is 0.279 e. The SMILES string of the molecule is CN(C)S(=O)(=O)NCc1cc(CNC(=O)c2cn3cccnc3n2)ccn1. The summed E-state index contributed by atoms with van der Waals surface area (Å²) >= 11 is 0. The number of carbonyl (C=O) groups excluding carboxylic acids is 1. The normalized spacial score (nSPS) is 11.8. The van der Waals surface area contributed by atoms with Crippen LogP contribution in [0.2, 0.25) is 0 Å². The van der Waals surface area contributed by atoms with Crippen molar-refractivity contribution < 1.29 is 13.2 Å². The molecule has 0 aliphatic rings. The molecule has 11 heteroatoms. The highest BCUT2D eigenvalue weighted by Crippen LogP contribution is 2.05. The first kappa shape index (κ1) is 18.9. The number of hydrogen-bond acceptors (Lipinski definition) is 6. The Morgan fingerprint density at radius 2 is 2.04 bits per heavy atom. The van der Waals surface area contributed by atoms with E-state index in [0.29, 0.717) is 11.5 Å². The van der Waals surface area contributed by atoms with Crippen molar-refractivity contribution in [2.45, 2.75) is 13.1 Å². The molecule has 0 fully saturated rings. The highest BCUT2D eigenvalue weighted by molar-refractivity contribution is 7.87. The molecule has 0 saturated carbocycles. The average molecular weight is 389 g/mol. The largest absolute Gasteiger partial charge is 0.347 e. The van der Waals surface area contributed by atoms with Crippen LogP contribution in [-0.2, 0) is 23.3 Å². The Bertz CT molecular complexity index is 1030. The summed E-state index contributed by atoms with van der Waals surface area (Å²) in [6, 6.07) is 5.22. The number of hydrogen-bond donors (Lipinski definition) is 2. The van der Waals surface area contributed by atoms with Gasteiger partial charge in [0.1, 0.15) is 5.69 Å². The molecule has 0 spiro atoms. The van der Waals surface area contributed by atoms with Gasteiger partial charge in [-0.1, -0.05) is 0 Å². The van der Waals surface area contributed by atoms with Gasteiger partial charge in [0.25, 0.3) is 16.1 Å². The van der Waals surface area contributed by atoms with Gasteiger partial charge in [-0.2, -0.15) is 17.4 Å². The number of amides is 1. The summed E-state index contributed by atoms with van der Waals surface area (Å²) in [4.78, 5) is 24.6. The zero-order chi connectivity index (χ0) is 19.4. The first-order chi connectivity index (χ1) is 12.8. The Morgan fingerprint density at radius 3 is 2.78 bits per heavy atom. The zero-order valence-electron chi connectivity index (χ0n) is 14.8. The zero-order valence-corrected chi connectivity index (χ0v) is 15.6. The van der Waals surface area contributed by atoms with Gasteiger partial charge in [0.15, 0.2) is 0 Å². The number of rotatable bonds is 7. The quantitative estimate of drug-likeness (QED) is 0.584. The maximum Gasteiger partial charge on any atom is 0.279 e. The van der Waals surface area contributed by atoms with E-state index >= 15 is 0 Å². The number of imidazole rings is 1. The van der Waals surface area contributed by atoms with Crippen LogP contribution in [0, 0.1) is 0 Å². The number of aromatic nitrogens is 4. The third-order valence-corrected chi connectivity index (χ3v) is 5.19. The second-order valence-electron chi connectivity index (χ2n) is 5.90. The molecule has 0 aliphatic heterocycles. The lowest BCUT2D eigenvalue weighted by Gasteiger charge is -2.12. The monoisotopic (exact) mass is 389 g/mol. The van der Waals surface area contributed by atoms with Gasteiger partial charge in [-0.05, 0) is 23.8 Å². The molecule has 0 aliphatic carbocycles. The average Bonchev–Trinajstić information content (AvgIpc) is 3.09. The molecule has 3 rings (SSSR count). The summed E-state index contributed by atoms with van der Waals surface area (Å²) in [5.74, 6) is 0.120. The lowest BCUT2D eigenvalue weighted by Crippen LogP contribution is -2.35. The third kappa shape index (κ3) is 4.64. The van der Waals surface area contributed by atoms with Crippen LogP contribution in [0.5, 0.6) is 0 Å². The lowest BCUT2D eigenvalue weighted by atomic mass is 10.2. The fraction of sp³-hybridized carbons (Fsp3) is 0.250. The molecule has 0 unspecified atom stereocenters. The van der Waals surface area contributed by atoms with Crippen molar-refractivity contribution in [2.24, 2.45) is 0 Å². The number of nitrogens with one attached hydrogen (secondary N) is 2. The molecular weight excluding hydrogens is 370 g/mol.